The fourth-order valence-electron chi connectivity index (χ4n) is 11.4. The Morgan fingerprint density at radius 2 is 1.82 bits per heavy atom. The summed E-state index contributed by atoms with van der Waals surface area (Å²) in [7, 11) is -4.66. The molecule has 67 heavy (non-hydrogen) atoms. The molecule has 3 aliphatic heterocycles. The number of hydrogen-bond donors (Lipinski definition) is 3. The lowest BCUT2D eigenvalue weighted by Gasteiger charge is -2.56. The van der Waals surface area contributed by atoms with Crippen LogP contribution in [0.3, 0.4) is 0 Å². The van der Waals surface area contributed by atoms with E-state index >= 15 is 0 Å². The van der Waals surface area contributed by atoms with Crippen LogP contribution in [0, 0.1) is 21.4 Å². The van der Waals surface area contributed by atoms with E-state index in [1.54, 1.807) is 30.5 Å². The monoisotopic (exact) mass is 968 g/mol. The van der Waals surface area contributed by atoms with Crippen LogP contribution in [0.2, 0.25) is 5.02 Å². The zero-order valence-electron chi connectivity index (χ0n) is 38.0. The Morgan fingerprint density at radius 3 is 2.57 bits per heavy atom. The molecule has 1 amide bonds. The Labute approximate surface area is 400 Å². The number of pyridine rings is 1. The largest absolute Gasteiger partial charge is 0.491 e. The fourth-order valence-corrected chi connectivity index (χ4v) is 14.0. The molecule has 2 atom stereocenters. The molecule has 2 aromatic heterocycles. The number of likely N-dealkylation sites (tertiary alicyclic amines) is 1. The molecule has 1 spiro atoms. The SMILES string of the molecule is CC(C)c1ccccc1[C@@H]1CCCN1C1CC2(CCN(c3ccc(C(=O)NS(=O)(=O)c4cc5c(c([N+](=O)[O-])c4)S[C@@H](C4CCC(C)(O)CC4)CO5)c(Oc4cnc5[nH]cc(Cl)c5c4)c3)CC2)C1. The minimum absolute atomic E-state index is 0.0596. The molecule has 2 saturated heterocycles. The minimum atomic E-state index is -4.66. The predicted octanol–water partition coefficient (Wildman–Crippen LogP) is 10.5. The van der Waals surface area contributed by atoms with Gasteiger partial charge in [-0.05, 0) is 124 Å². The van der Waals surface area contributed by atoms with Gasteiger partial charge in [-0.2, -0.15) is 0 Å². The first-order chi connectivity index (χ1) is 32.1. The van der Waals surface area contributed by atoms with Crippen molar-refractivity contribution >= 4 is 61.7 Å². The van der Waals surface area contributed by atoms with E-state index in [0.29, 0.717) is 46.9 Å². The molecule has 4 fully saturated rings. The van der Waals surface area contributed by atoms with Gasteiger partial charge in [0.25, 0.3) is 21.6 Å². The normalized spacial score (nSPS) is 24.3. The predicted molar refractivity (Wildman–Crippen MR) is 259 cm³/mol. The maximum atomic E-state index is 14.1. The van der Waals surface area contributed by atoms with Gasteiger partial charge in [-0.15, -0.1) is 11.8 Å². The zero-order valence-corrected chi connectivity index (χ0v) is 40.4. The first-order valence-electron chi connectivity index (χ1n) is 23.5. The number of anilines is 1. The number of aliphatic hydroxyl groups is 1. The van der Waals surface area contributed by atoms with Crippen LogP contribution in [0.4, 0.5) is 11.4 Å². The lowest BCUT2D eigenvalue weighted by molar-refractivity contribution is -0.388. The number of nitro benzene ring substituents is 1. The molecular weight excluding hydrogens is 912 g/mol. The summed E-state index contributed by atoms with van der Waals surface area (Å²) < 4.78 is 42.5. The highest BCUT2D eigenvalue weighted by molar-refractivity contribution is 8.00. The highest BCUT2D eigenvalue weighted by Gasteiger charge is 2.50. The van der Waals surface area contributed by atoms with Gasteiger partial charge in [0.15, 0.2) is 0 Å². The lowest BCUT2D eigenvalue weighted by atomic mass is 9.59. The van der Waals surface area contributed by atoms with Gasteiger partial charge in [0, 0.05) is 65.9 Å². The van der Waals surface area contributed by atoms with Crippen LogP contribution in [0.15, 0.2) is 82.8 Å². The van der Waals surface area contributed by atoms with Crippen LogP contribution < -0.4 is 19.1 Å². The number of sulfonamides is 1. The molecule has 2 saturated carbocycles. The minimum Gasteiger partial charge on any atom is -0.491 e. The van der Waals surface area contributed by atoms with Gasteiger partial charge in [0.2, 0.25) is 0 Å². The molecule has 3 N–H and O–H groups in total. The summed E-state index contributed by atoms with van der Waals surface area (Å²) in [6, 6.07) is 19.0. The molecule has 5 heterocycles. The number of fused-ring (bicyclic) bond motifs is 2. The number of ether oxygens (including phenoxy) is 2. The maximum Gasteiger partial charge on any atom is 0.288 e. The third-order valence-electron chi connectivity index (χ3n) is 15.2. The fraction of sp³-hybridized carbons (Fsp3) is 0.480. The maximum absolute atomic E-state index is 14.1. The van der Waals surface area contributed by atoms with Crippen molar-refractivity contribution < 1.29 is 32.7 Å². The first kappa shape index (κ1) is 45.9. The standard InChI is InChI=1S/C50H57ClN6O8S2/c1-30(2)36-7-4-5-8-37(36)41-9-6-18-56(41)33-25-50(26-33)16-19-55(20-17-50)32-10-11-38(43(21-32)65-34-22-39-40(51)28-53-47(39)52-27-34)48(58)54-67(62,63)35-23-42(57(60)61)46-44(24-35)64-29-45(66-46)31-12-14-49(3,59)15-13-31/h4-5,7-8,10-11,21-24,27-28,30-31,33,41,45,59H,6,9,12-20,25-26,29H2,1-3H3,(H,52,53)(H,54,58)/t31?,41-,45+,49?/m0/s1. The highest BCUT2D eigenvalue weighted by Crippen LogP contribution is 2.55. The van der Waals surface area contributed by atoms with Crippen LogP contribution in [-0.4, -0.2) is 82.4 Å². The molecular formula is C50H57ClN6O8S2. The number of benzene rings is 3. The summed E-state index contributed by atoms with van der Waals surface area (Å²) in [5.74, 6) is 0.145. The summed E-state index contributed by atoms with van der Waals surface area (Å²) in [6.45, 7) is 9.39. The van der Waals surface area contributed by atoms with Gasteiger partial charge in [0.1, 0.15) is 34.4 Å². The highest BCUT2D eigenvalue weighted by atomic mass is 35.5. The first-order valence-corrected chi connectivity index (χ1v) is 26.2. The van der Waals surface area contributed by atoms with Crippen molar-refractivity contribution in [1.29, 1.82) is 0 Å². The third kappa shape index (κ3) is 9.11. The van der Waals surface area contributed by atoms with Crippen molar-refractivity contribution in [3.63, 3.8) is 0 Å². The molecule has 2 aliphatic carbocycles. The summed E-state index contributed by atoms with van der Waals surface area (Å²) in [5, 5.41) is 23.8. The molecule has 17 heteroatoms. The Hall–Kier alpha value is -4.87. The van der Waals surface area contributed by atoms with E-state index in [1.165, 1.54) is 60.8 Å². The summed E-state index contributed by atoms with van der Waals surface area (Å²) in [6.07, 6.45) is 12.7. The number of nitrogens with zero attached hydrogens (tertiary/aromatic N) is 4. The smallest absolute Gasteiger partial charge is 0.288 e. The van der Waals surface area contributed by atoms with Gasteiger partial charge in [-0.1, -0.05) is 49.7 Å². The van der Waals surface area contributed by atoms with Crippen molar-refractivity contribution in [1.82, 2.24) is 19.6 Å². The number of nitro groups is 1. The van der Waals surface area contributed by atoms with Crippen molar-refractivity contribution in [3.8, 4) is 17.2 Å². The van der Waals surface area contributed by atoms with Crippen LogP contribution in [0.5, 0.6) is 17.2 Å². The van der Waals surface area contributed by atoms with E-state index in [4.69, 9.17) is 21.1 Å². The lowest BCUT2D eigenvalue weighted by Crippen LogP contribution is -2.54. The number of piperidine rings is 1. The van der Waals surface area contributed by atoms with E-state index in [9.17, 15) is 28.4 Å². The number of hydrogen-bond acceptors (Lipinski definition) is 12. The van der Waals surface area contributed by atoms with Crippen LogP contribution in [0.25, 0.3) is 11.0 Å². The molecule has 14 nitrogen and oxygen atoms in total. The van der Waals surface area contributed by atoms with Gasteiger partial charge in [0.05, 0.1) is 32.2 Å². The molecule has 5 aliphatic rings. The zero-order chi connectivity index (χ0) is 46.8. The Kier molecular flexibility index (Phi) is 12.3. The number of amides is 1. The number of thioether (sulfide) groups is 1. The molecule has 5 aromatic rings. The summed E-state index contributed by atoms with van der Waals surface area (Å²) in [5.41, 5.74) is 3.40. The van der Waals surface area contributed by atoms with E-state index < -0.39 is 37.0 Å². The van der Waals surface area contributed by atoms with E-state index in [2.05, 4.69) is 62.6 Å². The quantitative estimate of drug-likeness (QED) is 0.0843. The summed E-state index contributed by atoms with van der Waals surface area (Å²) >= 11 is 7.73. The molecule has 3 aromatic carbocycles. The molecule has 354 valence electrons. The number of carbonyl (C=O) groups is 1. The number of rotatable bonds is 11. The van der Waals surface area contributed by atoms with Crippen molar-refractivity contribution in [2.24, 2.45) is 11.3 Å². The Balaban J connectivity index is 0.863. The van der Waals surface area contributed by atoms with Gasteiger partial charge >= 0.3 is 0 Å². The second-order valence-electron chi connectivity index (χ2n) is 20.0. The topological polar surface area (TPSA) is 180 Å². The number of H-pyrrole nitrogens is 1. The molecule has 0 unspecified atom stereocenters. The van der Waals surface area contributed by atoms with Gasteiger partial charge in [-0.25, -0.2) is 18.1 Å². The van der Waals surface area contributed by atoms with E-state index in [0.717, 1.165) is 57.1 Å². The molecule has 0 radical (unpaired) electrons. The van der Waals surface area contributed by atoms with Crippen LogP contribution in [0.1, 0.15) is 118 Å². The van der Waals surface area contributed by atoms with Crippen molar-refractivity contribution in [2.75, 3.05) is 31.1 Å². The van der Waals surface area contributed by atoms with Crippen molar-refractivity contribution in [3.05, 3.63) is 105 Å². The Bertz CT molecular complexity index is 2830. The van der Waals surface area contributed by atoms with Gasteiger partial charge < -0.3 is 24.5 Å². The summed E-state index contributed by atoms with van der Waals surface area (Å²) in [4.78, 5) is 38.2. The van der Waals surface area contributed by atoms with Gasteiger partial charge in [-0.3, -0.25) is 19.8 Å². The number of nitrogens with one attached hydrogen (secondary N) is 2. The average Bonchev–Trinajstić information content (AvgIpc) is 3.94. The van der Waals surface area contributed by atoms with Crippen LogP contribution in [-0.2, 0) is 10.0 Å². The molecule has 0 bridgehead atoms. The number of carbonyl (C=O) groups excluding carboxylic acids is 1. The molecule has 10 rings (SSSR count). The Morgan fingerprint density at radius 1 is 1.06 bits per heavy atom. The van der Waals surface area contributed by atoms with E-state index in [1.807, 2.05) is 6.92 Å². The number of aromatic nitrogens is 2. The number of aromatic amines is 1. The van der Waals surface area contributed by atoms with Crippen LogP contribution >= 0.6 is 23.4 Å². The number of halogens is 1. The van der Waals surface area contributed by atoms with Crippen molar-refractivity contribution in [2.45, 2.75) is 124 Å². The average molecular weight is 970 g/mol. The second-order valence-corrected chi connectivity index (χ2v) is 23.3. The van der Waals surface area contributed by atoms with E-state index in [-0.39, 0.29) is 50.9 Å². The third-order valence-corrected chi connectivity index (χ3v) is 18.3. The second kappa shape index (κ2) is 17.9.